The minimum absolute atomic E-state index is 0.425. The molecule has 3 nitrogen and oxygen atoms in total. The zero-order valence-corrected chi connectivity index (χ0v) is 23.7. The smallest absolute Gasteiger partial charge is 0.119 e. The summed E-state index contributed by atoms with van der Waals surface area (Å²) in [4.78, 5) is 0. The van der Waals surface area contributed by atoms with Crippen LogP contribution >= 0.6 is 0 Å². The Kier molecular flexibility index (Phi) is 10.6. The van der Waals surface area contributed by atoms with Crippen LogP contribution in [-0.2, 0) is 0 Å². The molecule has 0 amide bonds. The van der Waals surface area contributed by atoms with Crippen LogP contribution in [0.15, 0.2) is 60.7 Å². The second-order valence-corrected chi connectivity index (χ2v) is 11.0. The van der Waals surface area contributed by atoms with E-state index in [-0.39, 0.29) is 0 Å². The summed E-state index contributed by atoms with van der Waals surface area (Å²) in [6.07, 6.45) is 14.5. The largest absolute Gasteiger partial charge is 0.494 e. The standard InChI is InChI=1S/C36H42N2O/c1-3-5-6-7-8-9-27-10-12-28(13-11-27)29-14-16-30(17-15-29)33-22-23-34(36(26-38)35(33)25-37)31-18-20-32(21-19-31)39-24-4-2/h14-23,27-28H,3-13,24H2,1-2H3. The van der Waals surface area contributed by atoms with Crippen LogP contribution in [0.25, 0.3) is 22.3 Å². The quantitative estimate of drug-likeness (QED) is 0.224. The Hall–Kier alpha value is -3.56. The van der Waals surface area contributed by atoms with E-state index in [0.717, 1.165) is 40.3 Å². The van der Waals surface area contributed by atoms with Gasteiger partial charge >= 0.3 is 0 Å². The molecule has 1 aliphatic carbocycles. The Morgan fingerprint density at radius 2 is 1.23 bits per heavy atom. The van der Waals surface area contributed by atoms with Gasteiger partial charge in [0.05, 0.1) is 17.7 Å². The predicted octanol–water partition coefficient (Wildman–Crippen LogP) is 10.2. The third kappa shape index (κ3) is 7.30. The average Bonchev–Trinajstić information content (AvgIpc) is 3.00. The summed E-state index contributed by atoms with van der Waals surface area (Å²) in [5.41, 5.74) is 5.76. The molecule has 0 saturated heterocycles. The molecule has 0 bridgehead atoms. The summed E-state index contributed by atoms with van der Waals surface area (Å²) in [5.74, 6) is 2.35. The highest BCUT2D eigenvalue weighted by atomic mass is 16.5. The van der Waals surface area contributed by atoms with Crippen LogP contribution in [0.5, 0.6) is 5.75 Å². The van der Waals surface area contributed by atoms with Gasteiger partial charge in [-0.15, -0.1) is 0 Å². The van der Waals surface area contributed by atoms with E-state index < -0.39 is 0 Å². The van der Waals surface area contributed by atoms with Gasteiger partial charge in [-0.05, 0) is 72.8 Å². The lowest BCUT2D eigenvalue weighted by Crippen LogP contribution is -2.13. The Morgan fingerprint density at radius 3 is 1.77 bits per heavy atom. The molecule has 202 valence electrons. The van der Waals surface area contributed by atoms with E-state index in [1.807, 2.05) is 36.4 Å². The lowest BCUT2D eigenvalue weighted by atomic mass is 9.77. The third-order valence-electron chi connectivity index (χ3n) is 8.32. The van der Waals surface area contributed by atoms with Crippen molar-refractivity contribution >= 4 is 0 Å². The first-order valence-electron chi connectivity index (χ1n) is 15.0. The van der Waals surface area contributed by atoms with E-state index in [1.165, 1.54) is 69.8 Å². The SMILES string of the molecule is CCCCCCCC1CCC(c2ccc(-c3ccc(-c4ccc(OCCC)cc4)c(C#N)c3C#N)cc2)CC1. The molecule has 0 atom stereocenters. The van der Waals surface area contributed by atoms with E-state index in [2.05, 4.69) is 50.3 Å². The number of nitrogens with zero attached hydrogens (tertiary/aromatic N) is 2. The van der Waals surface area contributed by atoms with Crippen molar-refractivity contribution in [2.75, 3.05) is 6.61 Å². The zero-order valence-electron chi connectivity index (χ0n) is 23.7. The normalized spacial score (nSPS) is 16.8. The van der Waals surface area contributed by atoms with Crippen molar-refractivity contribution < 1.29 is 4.74 Å². The number of rotatable bonds is 12. The first-order valence-corrected chi connectivity index (χ1v) is 15.0. The maximum Gasteiger partial charge on any atom is 0.119 e. The number of unbranched alkanes of at least 4 members (excludes halogenated alkanes) is 4. The molecule has 4 rings (SSSR count). The molecule has 3 aromatic carbocycles. The Bertz CT molecular complexity index is 1270. The lowest BCUT2D eigenvalue weighted by Gasteiger charge is -2.29. The molecule has 0 radical (unpaired) electrons. The molecular weight excluding hydrogens is 476 g/mol. The second-order valence-electron chi connectivity index (χ2n) is 11.0. The molecular formula is C36H42N2O. The van der Waals surface area contributed by atoms with E-state index in [9.17, 15) is 10.5 Å². The Balaban J connectivity index is 1.44. The van der Waals surface area contributed by atoms with Crippen LogP contribution in [0.2, 0.25) is 0 Å². The van der Waals surface area contributed by atoms with Crippen LogP contribution < -0.4 is 4.74 Å². The van der Waals surface area contributed by atoms with Crippen LogP contribution in [0.1, 0.15) is 107 Å². The second kappa shape index (κ2) is 14.6. The van der Waals surface area contributed by atoms with Gasteiger partial charge < -0.3 is 4.74 Å². The van der Waals surface area contributed by atoms with Crippen molar-refractivity contribution in [2.45, 2.75) is 90.4 Å². The maximum absolute atomic E-state index is 10.1. The number of hydrogen-bond donors (Lipinski definition) is 0. The Morgan fingerprint density at radius 1 is 0.667 bits per heavy atom. The van der Waals surface area contributed by atoms with Crippen LogP contribution in [-0.4, -0.2) is 6.61 Å². The molecule has 1 fully saturated rings. The monoisotopic (exact) mass is 518 g/mol. The van der Waals surface area contributed by atoms with Crippen molar-refractivity contribution in [3.8, 4) is 40.1 Å². The highest BCUT2D eigenvalue weighted by molar-refractivity contribution is 5.82. The van der Waals surface area contributed by atoms with Crippen molar-refractivity contribution in [3.63, 3.8) is 0 Å². The maximum atomic E-state index is 10.1. The summed E-state index contributed by atoms with van der Waals surface area (Å²) in [6.45, 7) is 5.03. The summed E-state index contributed by atoms with van der Waals surface area (Å²) in [6, 6.07) is 25.1. The molecule has 0 heterocycles. The minimum atomic E-state index is 0.425. The van der Waals surface area contributed by atoms with E-state index in [4.69, 9.17) is 4.74 Å². The number of benzene rings is 3. The van der Waals surface area contributed by atoms with Crippen molar-refractivity contribution in [1.29, 1.82) is 10.5 Å². The zero-order chi connectivity index (χ0) is 27.5. The molecule has 0 unspecified atom stereocenters. The van der Waals surface area contributed by atoms with Gasteiger partial charge in [0.1, 0.15) is 17.9 Å². The fourth-order valence-electron chi connectivity index (χ4n) is 6.02. The summed E-state index contributed by atoms with van der Waals surface area (Å²) < 4.78 is 5.69. The van der Waals surface area contributed by atoms with Gasteiger partial charge in [-0.2, -0.15) is 10.5 Å². The minimum Gasteiger partial charge on any atom is -0.494 e. The van der Waals surface area contributed by atoms with Gasteiger partial charge in [0.2, 0.25) is 0 Å². The number of ether oxygens (including phenoxy) is 1. The molecule has 0 spiro atoms. The van der Waals surface area contributed by atoms with Gasteiger partial charge in [-0.1, -0.05) is 101 Å². The van der Waals surface area contributed by atoms with Crippen molar-refractivity contribution in [1.82, 2.24) is 0 Å². The van der Waals surface area contributed by atoms with E-state index >= 15 is 0 Å². The number of hydrogen-bond acceptors (Lipinski definition) is 3. The first-order chi connectivity index (χ1) is 19.2. The highest BCUT2D eigenvalue weighted by Gasteiger charge is 2.22. The molecule has 3 aromatic rings. The van der Waals surface area contributed by atoms with Gasteiger partial charge in [-0.3, -0.25) is 0 Å². The average molecular weight is 519 g/mol. The topological polar surface area (TPSA) is 56.8 Å². The molecule has 0 aliphatic heterocycles. The fraction of sp³-hybridized carbons (Fsp3) is 0.444. The van der Waals surface area contributed by atoms with E-state index in [0.29, 0.717) is 23.7 Å². The predicted molar refractivity (Wildman–Crippen MR) is 161 cm³/mol. The molecule has 0 N–H and O–H groups in total. The summed E-state index contributed by atoms with van der Waals surface area (Å²) >= 11 is 0. The Labute approximate surface area is 235 Å². The van der Waals surface area contributed by atoms with Crippen molar-refractivity contribution in [2.24, 2.45) is 5.92 Å². The van der Waals surface area contributed by atoms with Crippen LogP contribution in [0.4, 0.5) is 0 Å². The van der Waals surface area contributed by atoms with Crippen molar-refractivity contribution in [3.05, 3.63) is 77.4 Å². The first kappa shape index (κ1) is 28.4. The van der Waals surface area contributed by atoms with Crippen LogP contribution in [0, 0.1) is 28.6 Å². The van der Waals surface area contributed by atoms with Gasteiger partial charge in [0.25, 0.3) is 0 Å². The molecule has 1 aliphatic rings. The third-order valence-corrected chi connectivity index (χ3v) is 8.32. The van der Waals surface area contributed by atoms with E-state index in [1.54, 1.807) is 0 Å². The molecule has 0 aromatic heterocycles. The van der Waals surface area contributed by atoms with Crippen LogP contribution in [0.3, 0.4) is 0 Å². The van der Waals surface area contributed by atoms with Gasteiger partial charge in [0.15, 0.2) is 0 Å². The molecule has 1 saturated carbocycles. The summed E-state index contributed by atoms with van der Waals surface area (Å²) in [7, 11) is 0. The number of nitriles is 2. The van der Waals surface area contributed by atoms with Gasteiger partial charge in [0, 0.05) is 11.1 Å². The lowest BCUT2D eigenvalue weighted by molar-refractivity contribution is 0.302. The fourth-order valence-corrected chi connectivity index (χ4v) is 6.02. The molecule has 3 heteroatoms. The highest BCUT2D eigenvalue weighted by Crippen LogP contribution is 2.39. The van der Waals surface area contributed by atoms with Gasteiger partial charge in [-0.25, -0.2) is 0 Å². The molecule has 39 heavy (non-hydrogen) atoms. The summed E-state index contributed by atoms with van der Waals surface area (Å²) in [5, 5.41) is 20.1.